The molecule has 1 N–H and O–H groups in total. The van der Waals surface area contributed by atoms with Gasteiger partial charge in [0, 0.05) is 29.2 Å². The Morgan fingerprint density at radius 3 is 2.67 bits per heavy atom. The highest BCUT2D eigenvalue weighted by Crippen LogP contribution is 2.27. The minimum absolute atomic E-state index is 0.0514. The third kappa shape index (κ3) is 4.27. The Hall–Kier alpha value is -2.63. The first-order valence-corrected chi connectivity index (χ1v) is 10.8. The maximum atomic E-state index is 13.1. The average molecular weight is 423 g/mol. The molecule has 0 saturated carbocycles. The summed E-state index contributed by atoms with van der Waals surface area (Å²) in [6.07, 6.45) is 5.94. The smallest absolute Gasteiger partial charge is 0.253 e. The van der Waals surface area contributed by atoms with Crippen LogP contribution in [0.25, 0.3) is 5.69 Å². The van der Waals surface area contributed by atoms with Crippen LogP contribution in [0.1, 0.15) is 46.2 Å². The van der Waals surface area contributed by atoms with E-state index in [0.29, 0.717) is 12.1 Å². The summed E-state index contributed by atoms with van der Waals surface area (Å²) < 4.78 is 2.07. The van der Waals surface area contributed by atoms with E-state index in [4.69, 9.17) is 11.6 Å². The standard InChI is InChI=1S/C24H27ClN4O/c1-17-13-22(18(2)29(17)21-9-6-10-26-15-21)24(30)27-16-23(28-11-3-4-12-28)19-7-5-8-20(25)14-19/h5-10,13-15,23H,3-4,11-12,16H2,1-2H3,(H,27,30). The van der Waals surface area contributed by atoms with Gasteiger partial charge in [-0.1, -0.05) is 23.7 Å². The molecule has 1 aliphatic heterocycles. The molecule has 3 aromatic rings. The number of benzene rings is 1. The molecule has 3 heterocycles. The topological polar surface area (TPSA) is 50.2 Å². The fourth-order valence-electron chi connectivity index (χ4n) is 4.39. The van der Waals surface area contributed by atoms with Gasteiger partial charge in [-0.3, -0.25) is 14.7 Å². The SMILES string of the molecule is Cc1cc(C(=O)NCC(c2cccc(Cl)c2)N2CCCC2)c(C)n1-c1cccnc1. The van der Waals surface area contributed by atoms with Crippen molar-refractivity contribution in [2.75, 3.05) is 19.6 Å². The Balaban J connectivity index is 1.54. The molecular formula is C24H27ClN4O. The number of hydrogen-bond donors (Lipinski definition) is 1. The zero-order chi connectivity index (χ0) is 21.1. The van der Waals surface area contributed by atoms with E-state index in [1.807, 2.05) is 56.4 Å². The second kappa shape index (κ2) is 9.02. The summed E-state index contributed by atoms with van der Waals surface area (Å²) in [6, 6.07) is 13.9. The van der Waals surface area contributed by atoms with Gasteiger partial charge in [-0.15, -0.1) is 0 Å². The lowest BCUT2D eigenvalue weighted by Gasteiger charge is -2.28. The van der Waals surface area contributed by atoms with Gasteiger partial charge in [-0.05, 0) is 75.7 Å². The van der Waals surface area contributed by atoms with E-state index in [0.717, 1.165) is 40.8 Å². The van der Waals surface area contributed by atoms with E-state index in [2.05, 4.69) is 25.8 Å². The molecule has 1 amide bonds. The number of carbonyl (C=O) groups excluding carboxylic acids is 1. The molecule has 1 fully saturated rings. The molecule has 5 nitrogen and oxygen atoms in total. The number of nitrogens with zero attached hydrogens (tertiary/aromatic N) is 3. The van der Waals surface area contributed by atoms with E-state index < -0.39 is 0 Å². The number of amides is 1. The molecule has 2 aromatic heterocycles. The van der Waals surface area contributed by atoms with Crippen molar-refractivity contribution in [2.45, 2.75) is 32.7 Å². The fraction of sp³-hybridized carbons (Fsp3) is 0.333. The first-order chi connectivity index (χ1) is 14.5. The zero-order valence-electron chi connectivity index (χ0n) is 17.4. The molecule has 0 aliphatic carbocycles. The predicted octanol–water partition coefficient (Wildman–Crippen LogP) is 4.71. The van der Waals surface area contributed by atoms with E-state index in [9.17, 15) is 4.79 Å². The number of nitrogens with one attached hydrogen (secondary N) is 1. The minimum atomic E-state index is -0.0514. The summed E-state index contributed by atoms with van der Waals surface area (Å²) in [5.41, 5.74) is 4.73. The number of aromatic nitrogens is 2. The van der Waals surface area contributed by atoms with Gasteiger partial charge >= 0.3 is 0 Å². The van der Waals surface area contributed by atoms with Crippen LogP contribution < -0.4 is 5.32 Å². The van der Waals surface area contributed by atoms with Crippen LogP contribution in [-0.4, -0.2) is 40.0 Å². The van der Waals surface area contributed by atoms with Gasteiger partial charge in [-0.2, -0.15) is 0 Å². The second-order valence-corrected chi connectivity index (χ2v) is 8.29. The molecule has 0 spiro atoms. The van der Waals surface area contributed by atoms with Crippen LogP contribution in [0.2, 0.25) is 5.02 Å². The highest BCUT2D eigenvalue weighted by Gasteiger charge is 2.25. The molecule has 0 radical (unpaired) electrons. The average Bonchev–Trinajstić information content (AvgIpc) is 3.37. The summed E-state index contributed by atoms with van der Waals surface area (Å²) in [6.45, 7) is 6.63. The molecule has 1 saturated heterocycles. The van der Waals surface area contributed by atoms with Crippen molar-refractivity contribution in [3.8, 4) is 5.69 Å². The first-order valence-electron chi connectivity index (χ1n) is 10.4. The lowest BCUT2D eigenvalue weighted by atomic mass is 10.1. The van der Waals surface area contributed by atoms with Crippen LogP contribution in [0.15, 0.2) is 54.9 Å². The monoisotopic (exact) mass is 422 g/mol. The molecule has 156 valence electrons. The van der Waals surface area contributed by atoms with Crippen LogP contribution >= 0.6 is 11.6 Å². The van der Waals surface area contributed by atoms with Crippen LogP contribution in [0.5, 0.6) is 0 Å². The first kappa shape index (κ1) is 20.6. The summed E-state index contributed by atoms with van der Waals surface area (Å²) in [5, 5.41) is 3.90. The Morgan fingerprint density at radius 2 is 1.97 bits per heavy atom. The van der Waals surface area contributed by atoms with Crippen molar-refractivity contribution in [1.82, 2.24) is 19.8 Å². The van der Waals surface area contributed by atoms with E-state index in [-0.39, 0.29) is 11.9 Å². The lowest BCUT2D eigenvalue weighted by Crippen LogP contribution is -2.37. The van der Waals surface area contributed by atoms with Crippen LogP contribution in [-0.2, 0) is 0 Å². The largest absolute Gasteiger partial charge is 0.350 e. The fourth-order valence-corrected chi connectivity index (χ4v) is 4.58. The second-order valence-electron chi connectivity index (χ2n) is 7.86. The molecule has 0 bridgehead atoms. The van der Waals surface area contributed by atoms with Gasteiger partial charge in [0.05, 0.1) is 23.5 Å². The number of aryl methyl sites for hydroxylation is 1. The van der Waals surface area contributed by atoms with Crippen molar-refractivity contribution in [3.63, 3.8) is 0 Å². The maximum Gasteiger partial charge on any atom is 0.253 e. The number of likely N-dealkylation sites (tertiary alicyclic amines) is 1. The summed E-state index contributed by atoms with van der Waals surface area (Å²) in [7, 11) is 0. The van der Waals surface area contributed by atoms with Crippen LogP contribution in [0.3, 0.4) is 0 Å². The van der Waals surface area contributed by atoms with Gasteiger partial charge in [0.1, 0.15) is 0 Å². The van der Waals surface area contributed by atoms with Crippen LogP contribution in [0.4, 0.5) is 0 Å². The van der Waals surface area contributed by atoms with Crippen molar-refractivity contribution in [1.29, 1.82) is 0 Å². The molecule has 1 atom stereocenters. The predicted molar refractivity (Wildman–Crippen MR) is 120 cm³/mol. The minimum Gasteiger partial charge on any atom is -0.350 e. The third-order valence-electron chi connectivity index (χ3n) is 5.85. The Bertz CT molecular complexity index is 1020. The Morgan fingerprint density at radius 1 is 1.17 bits per heavy atom. The highest BCUT2D eigenvalue weighted by atomic mass is 35.5. The molecule has 1 aromatic carbocycles. The molecule has 1 unspecified atom stereocenters. The number of rotatable bonds is 6. The Labute approximate surface area is 182 Å². The van der Waals surface area contributed by atoms with Crippen molar-refractivity contribution >= 4 is 17.5 Å². The van der Waals surface area contributed by atoms with E-state index in [1.54, 1.807) is 6.20 Å². The van der Waals surface area contributed by atoms with E-state index in [1.165, 1.54) is 12.8 Å². The molecule has 30 heavy (non-hydrogen) atoms. The Kier molecular flexibility index (Phi) is 6.21. The summed E-state index contributed by atoms with van der Waals surface area (Å²) in [4.78, 5) is 19.7. The number of hydrogen-bond acceptors (Lipinski definition) is 3. The van der Waals surface area contributed by atoms with Crippen molar-refractivity contribution < 1.29 is 4.79 Å². The zero-order valence-corrected chi connectivity index (χ0v) is 18.2. The van der Waals surface area contributed by atoms with Crippen molar-refractivity contribution in [2.24, 2.45) is 0 Å². The van der Waals surface area contributed by atoms with Crippen LogP contribution in [0, 0.1) is 13.8 Å². The highest BCUT2D eigenvalue weighted by molar-refractivity contribution is 6.30. The number of carbonyl (C=O) groups is 1. The quantitative estimate of drug-likeness (QED) is 0.625. The van der Waals surface area contributed by atoms with Gasteiger partial charge in [-0.25, -0.2) is 0 Å². The third-order valence-corrected chi connectivity index (χ3v) is 6.09. The van der Waals surface area contributed by atoms with Gasteiger partial charge in [0.15, 0.2) is 0 Å². The number of pyridine rings is 1. The normalized spacial score (nSPS) is 15.3. The van der Waals surface area contributed by atoms with Gasteiger partial charge in [0.25, 0.3) is 5.91 Å². The molecule has 4 rings (SSSR count). The molecule has 6 heteroatoms. The lowest BCUT2D eigenvalue weighted by molar-refractivity contribution is 0.0937. The number of halogens is 1. The van der Waals surface area contributed by atoms with Gasteiger partial charge in [0.2, 0.25) is 0 Å². The molecule has 1 aliphatic rings. The summed E-state index contributed by atoms with van der Waals surface area (Å²) >= 11 is 6.24. The maximum absolute atomic E-state index is 13.1. The van der Waals surface area contributed by atoms with Crippen molar-refractivity contribution in [3.05, 3.63) is 82.4 Å². The summed E-state index contributed by atoms with van der Waals surface area (Å²) in [5.74, 6) is -0.0514. The molecular weight excluding hydrogens is 396 g/mol. The van der Waals surface area contributed by atoms with Gasteiger partial charge < -0.3 is 9.88 Å². The van der Waals surface area contributed by atoms with E-state index >= 15 is 0 Å².